The molecule has 1 fully saturated rings. The van der Waals surface area contributed by atoms with Crippen molar-refractivity contribution >= 4 is 11.9 Å². The van der Waals surface area contributed by atoms with Gasteiger partial charge in [0.05, 0.1) is 32.1 Å². The summed E-state index contributed by atoms with van der Waals surface area (Å²) in [4.78, 5) is 27.5. The fourth-order valence-electron chi connectivity index (χ4n) is 5.11. The quantitative estimate of drug-likeness (QED) is 0.785. The van der Waals surface area contributed by atoms with Crippen molar-refractivity contribution in [2.75, 3.05) is 20.8 Å². The van der Waals surface area contributed by atoms with Crippen LogP contribution < -0.4 is 9.47 Å². The fourth-order valence-corrected chi connectivity index (χ4v) is 5.11. The highest BCUT2D eigenvalue weighted by Crippen LogP contribution is 2.43. The van der Waals surface area contributed by atoms with E-state index in [4.69, 9.17) is 9.47 Å². The molecule has 1 saturated carbocycles. The van der Waals surface area contributed by atoms with Gasteiger partial charge in [-0.05, 0) is 48.1 Å². The van der Waals surface area contributed by atoms with E-state index in [9.17, 15) is 14.7 Å². The molecule has 3 atom stereocenters. The van der Waals surface area contributed by atoms with Gasteiger partial charge < -0.3 is 19.5 Å². The van der Waals surface area contributed by atoms with Gasteiger partial charge in [0.25, 0.3) is 0 Å². The highest BCUT2D eigenvalue weighted by molar-refractivity contribution is 5.86. The van der Waals surface area contributed by atoms with E-state index in [0.717, 1.165) is 29.5 Å². The molecule has 0 bridgehead atoms. The Bertz CT molecular complexity index is 958. The van der Waals surface area contributed by atoms with Crippen LogP contribution in [0.2, 0.25) is 0 Å². The second kappa shape index (κ2) is 9.00. The Morgan fingerprint density at radius 2 is 1.61 bits per heavy atom. The Morgan fingerprint density at radius 1 is 0.968 bits per heavy atom. The van der Waals surface area contributed by atoms with E-state index in [-0.39, 0.29) is 11.9 Å². The third-order valence-corrected chi connectivity index (χ3v) is 6.67. The Morgan fingerprint density at radius 3 is 2.26 bits per heavy atom. The summed E-state index contributed by atoms with van der Waals surface area (Å²) in [5, 5.41) is 9.72. The van der Waals surface area contributed by atoms with E-state index in [1.54, 1.807) is 14.2 Å². The molecule has 2 aliphatic rings. The van der Waals surface area contributed by atoms with Crippen LogP contribution in [0.25, 0.3) is 0 Å². The molecule has 2 aromatic rings. The van der Waals surface area contributed by atoms with E-state index < -0.39 is 17.8 Å². The molecule has 0 unspecified atom stereocenters. The summed E-state index contributed by atoms with van der Waals surface area (Å²) >= 11 is 0. The van der Waals surface area contributed by atoms with E-state index in [1.165, 1.54) is 0 Å². The predicted octanol–water partition coefficient (Wildman–Crippen LogP) is 4.07. The average Bonchev–Trinajstić information content (AvgIpc) is 2.82. The molecule has 31 heavy (non-hydrogen) atoms. The Balaban J connectivity index is 1.78. The molecule has 1 heterocycles. The van der Waals surface area contributed by atoms with Crippen LogP contribution in [0, 0.1) is 11.8 Å². The number of nitrogens with zero attached hydrogens (tertiary/aromatic N) is 1. The highest BCUT2D eigenvalue weighted by atomic mass is 16.5. The molecule has 1 aliphatic heterocycles. The van der Waals surface area contributed by atoms with Gasteiger partial charge in [0, 0.05) is 6.54 Å². The second-order valence-corrected chi connectivity index (χ2v) is 8.34. The Labute approximate surface area is 182 Å². The summed E-state index contributed by atoms with van der Waals surface area (Å²) in [6, 6.07) is 13.6. The van der Waals surface area contributed by atoms with Crippen LogP contribution in [-0.2, 0) is 16.0 Å². The minimum atomic E-state index is -0.863. The number of carboxylic acids is 1. The number of aliphatic carboxylic acids is 1. The molecule has 0 spiro atoms. The lowest BCUT2D eigenvalue weighted by molar-refractivity contribution is -0.153. The van der Waals surface area contributed by atoms with Gasteiger partial charge >= 0.3 is 5.97 Å². The number of carboxylic acid groups (broad SMARTS) is 1. The van der Waals surface area contributed by atoms with Gasteiger partial charge in [0.2, 0.25) is 5.91 Å². The molecular formula is C25H29NO5. The fraction of sp³-hybridized carbons (Fsp3) is 0.440. The zero-order valence-electron chi connectivity index (χ0n) is 18.0. The van der Waals surface area contributed by atoms with Crippen molar-refractivity contribution in [2.24, 2.45) is 11.8 Å². The third-order valence-electron chi connectivity index (χ3n) is 6.67. The lowest BCUT2D eigenvalue weighted by Crippen LogP contribution is -2.47. The number of carbonyl (C=O) groups excluding carboxylic acids is 1. The predicted molar refractivity (Wildman–Crippen MR) is 116 cm³/mol. The largest absolute Gasteiger partial charge is 0.493 e. The number of benzene rings is 2. The first-order chi connectivity index (χ1) is 15.0. The van der Waals surface area contributed by atoms with E-state index in [0.29, 0.717) is 37.3 Å². The zero-order valence-corrected chi connectivity index (χ0v) is 18.0. The molecule has 1 N–H and O–H groups in total. The topological polar surface area (TPSA) is 76.1 Å². The van der Waals surface area contributed by atoms with Gasteiger partial charge in [0.15, 0.2) is 11.5 Å². The summed E-state index contributed by atoms with van der Waals surface area (Å²) in [6.07, 6.45) is 3.65. The standard InChI is InChI=1S/C25H29NO5/c1-30-21-14-17-12-13-26(24(27)18-10-6-7-11-19(18)25(28)29)23(16-8-4-3-5-9-16)20(17)15-22(21)31-2/h3-5,8-9,14-15,18-19,23H,6-7,10-13H2,1-2H3,(H,28,29)/t18-,19-,23-/m1/s1. The molecule has 6 heteroatoms. The smallest absolute Gasteiger partial charge is 0.307 e. The minimum absolute atomic E-state index is 0.0543. The van der Waals surface area contributed by atoms with Gasteiger partial charge in [-0.3, -0.25) is 9.59 Å². The number of amides is 1. The number of ether oxygens (including phenoxy) is 2. The normalized spacial score (nSPS) is 23.0. The van der Waals surface area contributed by atoms with Crippen molar-refractivity contribution in [1.82, 2.24) is 4.90 Å². The van der Waals surface area contributed by atoms with Crippen molar-refractivity contribution in [3.05, 3.63) is 59.2 Å². The molecule has 6 nitrogen and oxygen atoms in total. The first-order valence-corrected chi connectivity index (χ1v) is 10.9. The van der Waals surface area contributed by atoms with Crippen molar-refractivity contribution < 1.29 is 24.2 Å². The van der Waals surface area contributed by atoms with Crippen molar-refractivity contribution in [3.63, 3.8) is 0 Å². The van der Waals surface area contributed by atoms with Crippen LogP contribution in [0.1, 0.15) is 48.4 Å². The minimum Gasteiger partial charge on any atom is -0.493 e. The maximum absolute atomic E-state index is 13.7. The molecular weight excluding hydrogens is 394 g/mol. The van der Waals surface area contributed by atoms with E-state index in [1.807, 2.05) is 47.4 Å². The zero-order chi connectivity index (χ0) is 22.0. The SMILES string of the molecule is COc1cc2c(cc1OC)[C@@H](c1ccccc1)N(C(=O)[C@@H]1CCCC[C@H]1C(=O)O)CC2. The first kappa shape index (κ1) is 21.2. The van der Waals surface area contributed by atoms with Gasteiger partial charge in [-0.25, -0.2) is 0 Å². The number of hydrogen-bond donors (Lipinski definition) is 1. The number of carbonyl (C=O) groups is 2. The summed E-state index contributed by atoms with van der Waals surface area (Å²) in [5.74, 6) is -0.702. The first-order valence-electron chi connectivity index (χ1n) is 10.9. The van der Waals surface area contributed by atoms with Crippen LogP contribution in [0.4, 0.5) is 0 Å². The van der Waals surface area contributed by atoms with Crippen LogP contribution in [0.15, 0.2) is 42.5 Å². The monoisotopic (exact) mass is 423 g/mol. The third kappa shape index (κ3) is 3.99. The molecule has 0 aromatic heterocycles. The highest BCUT2D eigenvalue weighted by Gasteiger charge is 2.42. The second-order valence-electron chi connectivity index (χ2n) is 8.34. The van der Waals surface area contributed by atoms with Crippen molar-refractivity contribution in [2.45, 2.75) is 38.1 Å². The maximum Gasteiger partial charge on any atom is 0.307 e. The summed E-state index contributed by atoms with van der Waals surface area (Å²) in [5.41, 5.74) is 3.13. The van der Waals surface area contributed by atoms with Crippen molar-refractivity contribution in [3.8, 4) is 11.5 Å². The lowest BCUT2D eigenvalue weighted by Gasteiger charge is -2.41. The van der Waals surface area contributed by atoms with Crippen LogP contribution in [0.5, 0.6) is 11.5 Å². The van der Waals surface area contributed by atoms with Gasteiger partial charge in [-0.2, -0.15) is 0 Å². The summed E-state index contributed by atoms with van der Waals surface area (Å²) in [7, 11) is 3.22. The van der Waals surface area contributed by atoms with Crippen LogP contribution >= 0.6 is 0 Å². The molecule has 164 valence electrons. The molecule has 1 aliphatic carbocycles. The Hall–Kier alpha value is -3.02. The van der Waals surface area contributed by atoms with E-state index >= 15 is 0 Å². The molecule has 0 saturated heterocycles. The maximum atomic E-state index is 13.7. The van der Waals surface area contributed by atoms with Gasteiger partial charge in [-0.15, -0.1) is 0 Å². The van der Waals surface area contributed by atoms with Crippen LogP contribution in [-0.4, -0.2) is 42.6 Å². The lowest BCUT2D eigenvalue weighted by atomic mass is 9.77. The number of hydrogen-bond acceptors (Lipinski definition) is 4. The Kier molecular flexibility index (Phi) is 6.16. The number of fused-ring (bicyclic) bond motifs is 1. The summed E-state index contributed by atoms with van der Waals surface area (Å²) in [6.45, 7) is 0.545. The molecule has 0 radical (unpaired) electrons. The van der Waals surface area contributed by atoms with Crippen LogP contribution in [0.3, 0.4) is 0 Å². The average molecular weight is 424 g/mol. The number of methoxy groups -OCH3 is 2. The summed E-state index contributed by atoms with van der Waals surface area (Å²) < 4.78 is 11.0. The van der Waals surface area contributed by atoms with Crippen molar-refractivity contribution in [1.29, 1.82) is 0 Å². The molecule has 1 amide bonds. The molecule has 2 aromatic carbocycles. The van der Waals surface area contributed by atoms with Gasteiger partial charge in [-0.1, -0.05) is 43.2 Å². The van der Waals surface area contributed by atoms with Gasteiger partial charge in [0.1, 0.15) is 0 Å². The number of rotatable bonds is 5. The van der Waals surface area contributed by atoms with E-state index in [2.05, 4.69) is 0 Å². The molecule has 4 rings (SSSR count).